The highest BCUT2D eigenvalue weighted by molar-refractivity contribution is 8.20. The highest BCUT2D eigenvalue weighted by Gasteiger charge is 2.01. The molecular weight excluding hydrogens is 68.1 g/mol. The van der Waals surface area contributed by atoms with Gasteiger partial charge in [0.05, 0.1) is 0 Å². The second-order valence-corrected chi connectivity index (χ2v) is 3.06. The lowest BCUT2D eigenvalue weighted by Crippen LogP contribution is -1.20. The molecular formula is C3H6S. The van der Waals surface area contributed by atoms with Crippen molar-refractivity contribution in [1.29, 1.82) is 0 Å². The summed E-state index contributed by atoms with van der Waals surface area (Å²) in [6.45, 7) is 0. The van der Waals surface area contributed by atoms with Crippen LogP contribution in [0.25, 0.3) is 0 Å². The van der Waals surface area contributed by atoms with Crippen LogP contribution in [0.1, 0.15) is 0 Å². The summed E-state index contributed by atoms with van der Waals surface area (Å²) in [5, 5.41) is 0. The Labute approximate surface area is 28.8 Å². The molecule has 1 rings (SSSR count). The topological polar surface area (TPSA) is 0 Å². The molecule has 0 nitrogen and oxygen atoms in total. The monoisotopic (exact) mass is 74.0 g/mol. The lowest BCUT2D eigenvalue weighted by molar-refractivity contribution is 1.75. The largest absolute Gasteiger partial charge is 0.191 e. The van der Waals surface area contributed by atoms with Gasteiger partial charge in [0.15, 0.2) is 0 Å². The van der Waals surface area contributed by atoms with Crippen LogP contribution in [0.15, 0.2) is 0 Å². The molecule has 0 radical (unpaired) electrons. The van der Waals surface area contributed by atoms with E-state index in [1.54, 1.807) is 0 Å². The molecule has 0 saturated carbocycles. The molecule has 0 bridgehead atoms. The lowest BCUT2D eigenvalue weighted by atomic mass is 11.0. The minimum atomic E-state index is 0.639. The van der Waals surface area contributed by atoms with Gasteiger partial charge in [0.1, 0.15) is 0 Å². The Morgan fingerprint density at radius 3 is 1.75 bits per heavy atom. The molecule has 0 atom stereocenters. The maximum absolute atomic E-state index is 3.78. The maximum atomic E-state index is 3.78. The van der Waals surface area contributed by atoms with Crippen LogP contribution >= 0.6 is 10.5 Å². The first-order valence-corrected chi connectivity index (χ1v) is 3.10. The Morgan fingerprint density at radius 1 is 1.50 bits per heavy atom. The molecule has 0 aliphatic carbocycles. The van der Waals surface area contributed by atoms with Gasteiger partial charge in [-0.2, -0.15) is 10.5 Å². The third-order valence-corrected chi connectivity index (χ3v) is 1.48. The molecule has 24 valence electrons. The van der Waals surface area contributed by atoms with E-state index in [4.69, 9.17) is 0 Å². The molecule has 0 aromatic rings. The number of hydrogen-bond donors (Lipinski definition) is 0. The van der Waals surface area contributed by atoms with E-state index in [2.05, 4.69) is 5.87 Å². The third-order valence-electron chi connectivity index (χ3n) is 0.493. The lowest BCUT2D eigenvalue weighted by Gasteiger charge is -1.40. The van der Waals surface area contributed by atoms with E-state index in [1.165, 1.54) is 11.5 Å². The van der Waals surface area contributed by atoms with E-state index in [-0.39, 0.29) is 0 Å². The molecule has 0 amide bonds. The Balaban J connectivity index is 2.60. The molecule has 1 aliphatic heterocycles. The Hall–Kier alpha value is 0.220. The summed E-state index contributed by atoms with van der Waals surface area (Å²) in [5.41, 5.74) is 0. The predicted molar refractivity (Wildman–Crippen MR) is 24.4 cm³/mol. The van der Waals surface area contributed by atoms with Gasteiger partial charge in [-0.15, -0.1) is 0 Å². The van der Waals surface area contributed by atoms with Gasteiger partial charge >= 0.3 is 0 Å². The molecule has 0 N–H and O–H groups in total. The van der Waals surface area contributed by atoms with Gasteiger partial charge in [0.25, 0.3) is 0 Å². The Bertz CT molecular complexity index is 41.2. The molecule has 0 aromatic carbocycles. The molecule has 1 heteroatoms. The zero-order chi connectivity index (χ0) is 2.99. The van der Waals surface area contributed by atoms with Crippen molar-refractivity contribution < 1.29 is 0 Å². The van der Waals surface area contributed by atoms with Crippen LogP contribution in [0.4, 0.5) is 0 Å². The van der Waals surface area contributed by atoms with Crippen molar-refractivity contribution in [3.8, 4) is 0 Å². The summed E-state index contributed by atoms with van der Waals surface area (Å²) < 4.78 is 0. The van der Waals surface area contributed by atoms with E-state index in [1.807, 2.05) is 0 Å². The highest BCUT2D eigenvalue weighted by atomic mass is 32.2. The number of rotatable bonds is 0. The average molecular weight is 74.1 g/mol. The average Bonchev–Trinajstić information content (AvgIpc) is 1.75. The van der Waals surface area contributed by atoms with Crippen LogP contribution in [-0.4, -0.2) is 17.4 Å². The van der Waals surface area contributed by atoms with Crippen molar-refractivity contribution in [3.05, 3.63) is 0 Å². The second kappa shape index (κ2) is 0.582. The normalized spacial score (nSPS) is 26.0. The molecule has 0 unspecified atom stereocenters. The van der Waals surface area contributed by atoms with Crippen molar-refractivity contribution in [3.63, 3.8) is 0 Å². The summed E-state index contributed by atoms with van der Waals surface area (Å²) >= 11 is 0. The van der Waals surface area contributed by atoms with Crippen LogP contribution in [0, 0.1) is 0 Å². The smallest absolute Gasteiger partial charge is 0.00360 e. The summed E-state index contributed by atoms with van der Waals surface area (Å²) in [6, 6.07) is 0. The van der Waals surface area contributed by atoms with Crippen LogP contribution in [0.5, 0.6) is 0 Å². The minimum absolute atomic E-state index is 0.639. The van der Waals surface area contributed by atoms with Gasteiger partial charge < -0.3 is 0 Å². The van der Waals surface area contributed by atoms with Crippen molar-refractivity contribution in [1.82, 2.24) is 0 Å². The van der Waals surface area contributed by atoms with Crippen LogP contribution in [0.3, 0.4) is 0 Å². The molecule has 1 aliphatic rings. The van der Waals surface area contributed by atoms with Crippen molar-refractivity contribution in [2.75, 3.05) is 11.5 Å². The Morgan fingerprint density at radius 2 is 1.75 bits per heavy atom. The van der Waals surface area contributed by atoms with Crippen LogP contribution in [-0.2, 0) is 0 Å². The maximum Gasteiger partial charge on any atom is -0.00360 e. The highest BCUT2D eigenvalue weighted by Crippen LogP contribution is 2.24. The molecule has 1 saturated heterocycles. The van der Waals surface area contributed by atoms with Crippen molar-refractivity contribution >= 4 is 16.4 Å². The third kappa shape index (κ3) is 0.319. The minimum Gasteiger partial charge on any atom is -0.191 e. The predicted octanol–water partition coefficient (Wildman–Crippen LogP) is 0.701. The molecule has 1 heterocycles. The van der Waals surface area contributed by atoms with Gasteiger partial charge in [-0.3, -0.25) is 0 Å². The fourth-order valence-corrected chi connectivity index (χ4v) is 0.530. The van der Waals surface area contributed by atoms with Crippen LogP contribution in [0.2, 0.25) is 0 Å². The Kier molecular flexibility index (Phi) is 0.358. The first kappa shape index (κ1) is 2.46. The van der Waals surface area contributed by atoms with Gasteiger partial charge in [-0.25, -0.2) is 0 Å². The van der Waals surface area contributed by atoms with Gasteiger partial charge in [-0.1, -0.05) is 5.87 Å². The molecule has 0 spiro atoms. The fourth-order valence-electron chi connectivity index (χ4n) is 0.0589. The van der Waals surface area contributed by atoms with Gasteiger partial charge in [0.2, 0.25) is 0 Å². The van der Waals surface area contributed by atoms with Crippen LogP contribution < -0.4 is 0 Å². The van der Waals surface area contributed by atoms with Gasteiger partial charge in [0, 0.05) is 0 Å². The summed E-state index contributed by atoms with van der Waals surface area (Å²) in [5.74, 6) is 6.58. The fraction of sp³-hybridized carbons (Fsp3) is 0.667. The molecule has 1 fully saturated rings. The quantitative estimate of drug-likeness (QED) is 0.293. The van der Waals surface area contributed by atoms with E-state index in [9.17, 15) is 0 Å². The van der Waals surface area contributed by atoms with Crippen molar-refractivity contribution in [2.45, 2.75) is 0 Å². The second-order valence-electron chi connectivity index (χ2n) is 1.02. The zero-order valence-electron chi connectivity index (χ0n) is 2.53. The van der Waals surface area contributed by atoms with E-state index in [0.717, 1.165) is 0 Å². The summed E-state index contributed by atoms with van der Waals surface area (Å²) in [4.78, 5) is 0. The summed E-state index contributed by atoms with van der Waals surface area (Å²) in [6.07, 6.45) is 0. The van der Waals surface area contributed by atoms with Gasteiger partial charge in [-0.05, 0) is 11.5 Å². The van der Waals surface area contributed by atoms with E-state index >= 15 is 0 Å². The number of hydrogen-bond acceptors (Lipinski definition) is 0. The summed E-state index contributed by atoms with van der Waals surface area (Å²) in [7, 11) is 0.639. The zero-order valence-corrected chi connectivity index (χ0v) is 3.35. The SMILES string of the molecule is C=S1CC1. The van der Waals surface area contributed by atoms with E-state index in [0.29, 0.717) is 10.5 Å². The van der Waals surface area contributed by atoms with Crippen molar-refractivity contribution in [2.24, 2.45) is 0 Å². The molecule has 4 heavy (non-hydrogen) atoms. The first-order chi connectivity index (χ1) is 1.89. The first-order valence-electron chi connectivity index (χ1n) is 1.37. The van der Waals surface area contributed by atoms with E-state index < -0.39 is 0 Å². The standard InChI is InChI=1S/C3H6S/c1-4-2-3-4/h1-3H2. The molecule has 0 aromatic heterocycles.